The maximum Gasteiger partial charge on any atom is 0.317 e. The summed E-state index contributed by atoms with van der Waals surface area (Å²) in [4.78, 5) is 18.2. The summed E-state index contributed by atoms with van der Waals surface area (Å²) >= 11 is 1.68. The first kappa shape index (κ1) is 15.3. The van der Waals surface area contributed by atoms with E-state index in [0.29, 0.717) is 19.0 Å². The van der Waals surface area contributed by atoms with Crippen LogP contribution in [-0.2, 0) is 6.42 Å². The van der Waals surface area contributed by atoms with Crippen LogP contribution in [0.15, 0.2) is 5.38 Å². The number of β-amino-alcohol motifs (C(OH)–C–C–N with tert-alkyl or cyclic N) is 1. The van der Waals surface area contributed by atoms with Crippen LogP contribution in [0.4, 0.5) is 4.79 Å². The second-order valence-corrected chi connectivity index (χ2v) is 6.45. The Morgan fingerprint density at radius 1 is 1.65 bits per heavy atom. The van der Waals surface area contributed by atoms with Gasteiger partial charge in [-0.3, -0.25) is 0 Å². The van der Waals surface area contributed by atoms with Crippen molar-refractivity contribution in [1.29, 1.82) is 0 Å². The molecule has 2 amide bonds. The van der Waals surface area contributed by atoms with Crippen molar-refractivity contribution in [2.24, 2.45) is 0 Å². The van der Waals surface area contributed by atoms with Gasteiger partial charge in [-0.2, -0.15) is 0 Å². The van der Waals surface area contributed by atoms with E-state index in [1.54, 1.807) is 16.2 Å². The molecule has 1 saturated heterocycles. The second-order valence-electron chi connectivity index (χ2n) is 5.56. The van der Waals surface area contributed by atoms with Crippen LogP contribution < -0.4 is 5.32 Å². The molecule has 0 aromatic carbocycles. The number of likely N-dealkylation sites (tertiary alicyclic amines) is 1. The molecule has 1 atom stereocenters. The van der Waals surface area contributed by atoms with Crippen molar-refractivity contribution in [3.05, 3.63) is 16.1 Å². The van der Waals surface area contributed by atoms with Crippen LogP contribution in [-0.4, -0.2) is 46.8 Å². The van der Waals surface area contributed by atoms with Gasteiger partial charge < -0.3 is 15.3 Å². The third-order valence-electron chi connectivity index (χ3n) is 3.40. The van der Waals surface area contributed by atoms with E-state index in [1.165, 1.54) is 0 Å². The number of carbonyl (C=O) groups excluding carboxylic acids is 1. The molecule has 0 aliphatic carbocycles. The molecule has 0 spiro atoms. The molecule has 1 aromatic heterocycles. The highest BCUT2D eigenvalue weighted by molar-refractivity contribution is 7.09. The zero-order chi connectivity index (χ0) is 14.5. The Morgan fingerprint density at radius 2 is 2.45 bits per heavy atom. The number of aliphatic hydroxyl groups is 1. The number of thiazole rings is 1. The third-order valence-corrected chi connectivity index (χ3v) is 4.60. The average Bonchev–Trinajstić information content (AvgIpc) is 2.87. The monoisotopic (exact) mass is 297 g/mol. The number of piperidine rings is 1. The summed E-state index contributed by atoms with van der Waals surface area (Å²) in [6.45, 7) is 6.03. The van der Waals surface area contributed by atoms with Crippen molar-refractivity contribution < 1.29 is 9.90 Å². The van der Waals surface area contributed by atoms with Crippen molar-refractivity contribution in [3.8, 4) is 0 Å². The minimum atomic E-state index is -0.373. The molecule has 1 fully saturated rings. The molecule has 0 saturated carbocycles. The fourth-order valence-electron chi connectivity index (χ4n) is 2.25. The highest BCUT2D eigenvalue weighted by Crippen LogP contribution is 2.19. The SMILES string of the molecule is CC(C)c1nc(CCNC(=O)N2CCCC(O)C2)cs1. The fraction of sp³-hybridized carbons (Fsp3) is 0.714. The second kappa shape index (κ2) is 7.04. The molecule has 6 heteroatoms. The number of hydrogen-bond donors (Lipinski definition) is 2. The van der Waals surface area contributed by atoms with Gasteiger partial charge >= 0.3 is 6.03 Å². The molecular formula is C14H23N3O2S. The smallest absolute Gasteiger partial charge is 0.317 e. The topological polar surface area (TPSA) is 65.5 Å². The van der Waals surface area contributed by atoms with Gasteiger partial charge in [-0.05, 0) is 12.8 Å². The lowest BCUT2D eigenvalue weighted by Gasteiger charge is -2.30. The molecule has 1 unspecified atom stereocenters. The first-order valence-corrected chi connectivity index (χ1v) is 8.09. The molecule has 1 aliphatic rings. The van der Waals surface area contributed by atoms with E-state index in [0.717, 1.165) is 36.5 Å². The van der Waals surface area contributed by atoms with Gasteiger partial charge in [0.1, 0.15) is 0 Å². The first-order valence-electron chi connectivity index (χ1n) is 7.21. The van der Waals surface area contributed by atoms with E-state index in [-0.39, 0.29) is 12.1 Å². The molecule has 112 valence electrons. The molecule has 1 aromatic rings. The van der Waals surface area contributed by atoms with Crippen LogP contribution >= 0.6 is 11.3 Å². The Morgan fingerprint density at radius 3 is 3.10 bits per heavy atom. The van der Waals surface area contributed by atoms with Crippen molar-refractivity contribution in [2.75, 3.05) is 19.6 Å². The third kappa shape index (κ3) is 4.18. The van der Waals surface area contributed by atoms with E-state index >= 15 is 0 Å². The number of carbonyl (C=O) groups is 1. The number of aliphatic hydroxyl groups excluding tert-OH is 1. The van der Waals surface area contributed by atoms with Gasteiger partial charge in [0.25, 0.3) is 0 Å². The quantitative estimate of drug-likeness (QED) is 0.893. The first-order chi connectivity index (χ1) is 9.56. The Kier molecular flexibility index (Phi) is 5.37. The zero-order valence-corrected chi connectivity index (χ0v) is 12.9. The predicted molar refractivity (Wildman–Crippen MR) is 80.1 cm³/mol. The zero-order valence-electron chi connectivity index (χ0n) is 12.1. The number of aromatic nitrogens is 1. The van der Waals surface area contributed by atoms with E-state index in [2.05, 4.69) is 29.5 Å². The molecular weight excluding hydrogens is 274 g/mol. The van der Waals surface area contributed by atoms with E-state index in [1.807, 2.05) is 0 Å². The van der Waals surface area contributed by atoms with E-state index in [9.17, 15) is 9.90 Å². The van der Waals surface area contributed by atoms with Gasteiger partial charge in [0.15, 0.2) is 0 Å². The fourth-order valence-corrected chi connectivity index (χ4v) is 3.12. The summed E-state index contributed by atoms with van der Waals surface area (Å²) in [6, 6.07) is -0.0805. The summed E-state index contributed by atoms with van der Waals surface area (Å²) in [5, 5.41) is 15.7. The molecule has 2 rings (SSSR count). The number of nitrogens with one attached hydrogen (secondary N) is 1. The summed E-state index contributed by atoms with van der Waals surface area (Å²) in [5.41, 5.74) is 1.04. The van der Waals surface area contributed by atoms with Crippen LogP contribution in [0.3, 0.4) is 0 Å². The lowest BCUT2D eigenvalue weighted by molar-refractivity contribution is 0.0843. The van der Waals surface area contributed by atoms with Gasteiger partial charge in [0.2, 0.25) is 0 Å². The maximum absolute atomic E-state index is 11.9. The Hall–Kier alpha value is -1.14. The van der Waals surface area contributed by atoms with Gasteiger partial charge in [-0.25, -0.2) is 9.78 Å². The molecule has 0 bridgehead atoms. The molecule has 2 heterocycles. The number of amides is 2. The molecule has 2 N–H and O–H groups in total. The Bertz CT molecular complexity index is 447. The molecule has 0 radical (unpaired) electrons. The van der Waals surface area contributed by atoms with Crippen molar-refractivity contribution in [2.45, 2.75) is 45.1 Å². The summed E-state index contributed by atoms with van der Waals surface area (Å²) in [7, 11) is 0. The summed E-state index contributed by atoms with van der Waals surface area (Å²) in [5.74, 6) is 0.457. The lowest BCUT2D eigenvalue weighted by Crippen LogP contribution is -2.47. The number of nitrogens with zero attached hydrogens (tertiary/aromatic N) is 2. The van der Waals surface area contributed by atoms with Crippen molar-refractivity contribution >= 4 is 17.4 Å². The minimum absolute atomic E-state index is 0.0805. The molecule has 5 nitrogen and oxygen atoms in total. The van der Waals surface area contributed by atoms with Crippen LogP contribution in [0, 0.1) is 0 Å². The van der Waals surface area contributed by atoms with Crippen LogP contribution in [0.25, 0.3) is 0 Å². The van der Waals surface area contributed by atoms with E-state index in [4.69, 9.17) is 0 Å². The van der Waals surface area contributed by atoms with Gasteiger partial charge in [-0.1, -0.05) is 13.8 Å². The number of hydrogen-bond acceptors (Lipinski definition) is 4. The highest BCUT2D eigenvalue weighted by atomic mass is 32.1. The van der Waals surface area contributed by atoms with Crippen molar-refractivity contribution in [3.63, 3.8) is 0 Å². The standard InChI is InChI=1S/C14H23N3O2S/c1-10(2)13-16-11(9-20-13)5-6-15-14(19)17-7-3-4-12(18)8-17/h9-10,12,18H,3-8H2,1-2H3,(H,15,19). The lowest BCUT2D eigenvalue weighted by atomic mass is 10.1. The van der Waals surface area contributed by atoms with Crippen LogP contribution in [0.5, 0.6) is 0 Å². The Balaban J connectivity index is 1.73. The predicted octanol–water partition coefficient (Wildman–Crippen LogP) is 1.98. The normalized spacial score (nSPS) is 19.4. The van der Waals surface area contributed by atoms with Crippen molar-refractivity contribution in [1.82, 2.24) is 15.2 Å². The number of urea groups is 1. The summed E-state index contributed by atoms with van der Waals surface area (Å²) < 4.78 is 0. The maximum atomic E-state index is 11.9. The highest BCUT2D eigenvalue weighted by Gasteiger charge is 2.21. The molecule has 20 heavy (non-hydrogen) atoms. The minimum Gasteiger partial charge on any atom is -0.391 e. The number of rotatable bonds is 4. The van der Waals surface area contributed by atoms with Crippen LogP contribution in [0.1, 0.15) is 43.3 Å². The van der Waals surface area contributed by atoms with Gasteiger partial charge in [0.05, 0.1) is 16.8 Å². The van der Waals surface area contributed by atoms with E-state index < -0.39 is 0 Å². The molecule has 1 aliphatic heterocycles. The Labute approximate surface area is 124 Å². The summed E-state index contributed by atoms with van der Waals surface area (Å²) in [6.07, 6.45) is 2.05. The average molecular weight is 297 g/mol. The van der Waals surface area contributed by atoms with Gasteiger partial charge in [-0.15, -0.1) is 11.3 Å². The largest absolute Gasteiger partial charge is 0.391 e. The van der Waals surface area contributed by atoms with Gasteiger partial charge in [0, 0.05) is 37.4 Å². The van der Waals surface area contributed by atoms with Crippen LogP contribution in [0.2, 0.25) is 0 Å².